The van der Waals surface area contributed by atoms with Crippen molar-refractivity contribution in [3.05, 3.63) is 44.9 Å². The Bertz CT molecular complexity index is 707. The summed E-state index contributed by atoms with van der Waals surface area (Å²) in [6.07, 6.45) is 1.70. The molecular weight excluding hydrogens is 294 g/mol. The summed E-state index contributed by atoms with van der Waals surface area (Å²) in [7, 11) is 0. The maximum Gasteiger partial charge on any atom is 0.167 e. The topological polar surface area (TPSA) is 46.2 Å². The lowest BCUT2D eigenvalue weighted by molar-refractivity contribution is -0.124. The van der Waals surface area contributed by atoms with E-state index in [1.807, 2.05) is 37.6 Å². The van der Waals surface area contributed by atoms with E-state index in [1.165, 1.54) is 0 Å². The lowest BCUT2D eigenvalue weighted by Crippen LogP contribution is -2.40. The van der Waals surface area contributed by atoms with Crippen LogP contribution in [0.1, 0.15) is 52.0 Å². The molecule has 3 nitrogen and oxygen atoms in total. The van der Waals surface area contributed by atoms with Crippen molar-refractivity contribution in [2.24, 2.45) is 5.41 Å². The number of allylic oxidation sites excluding steroid dienone is 4. The Kier molecular flexibility index (Phi) is 3.60. The van der Waals surface area contributed by atoms with Gasteiger partial charge in [0.05, 0.1) is 0 Å². The van der Waals surface area contributed by atoms with Gasteiger partial charge in [-0.1, -0.05) is 13.8 Å². The highest BCUT2D eigenvalue weighted by Gasteiger charge is 2.43. The molecule has 1 aromatic rings. The fourth-order valence-corrected chi connectivity index (χ4v) is 4.20. The Hall–Kier alpha value is -1.68. The van der Waals surface area contributed by atoms with Gasteiger partial charge in [-0.05, 0) is 49.1 Å². The maximum atomic E-state index is 13.0. The van der Waals surface area contributed by atoms with E-state index in [-0.39, 0.29) is 22.9 Å². The summed E-state index contributed by atoms with van der Waals surface area (Å²) in [5.41, 5.74) is 4.10. The Labute approximate surface area is 135 Å². The van der Waals surface area contributed by atoms with Crippen LogP contribution in [0.25, 0.3) is 0 Å². The SMILES string of the molecule is CC(=O)C1=C(C)NC2=C(C(=O)C(C)(C)CC2)C1c1ccsc1. The molecule has 0 spiro atoms. The maximum absolute atomic E-state index is 13.0. The van der Waals surface area contributed by atoms with Crippen LogP contribution in [-0.4, -0.2) is 11.6 Å². The van der Waals surface area contributed by atoms with E-state index in [0.717, 1.165) is 40.9 Å². The largest absolute Gasteiger partial charge is 0.362 e. The van der Waals surface area contributed by atoms with Crippen molar-refractivity contribution < 1.29 is 9.59 Å². The number of hydrogen-bond acceptors (Lipinski definition) is 4. The molecule has 3 rings (SSSR count). The number of carbonyl (C=O) groups excluding carboxylic acids is 2. The molecule has 2 aliphatic rings. The Morgan fingerprint density at radius 3 is 2.73 bits per heavy atom. The van der Waals surface area contributed by atoms with Gasteiger partial charge in [0.25, 0.3) is 0 Å². The molecule has 0 radical (unpaired) electrons. The van der Waals surface area contributed by atoms with E-state index < -0.39 is 0 Å². The number of carbonyl (C=O) groups is 2. The van der Waals surface area contributed by atoms with Crippen molar-refractivity contribution in [3.63, 3.8) is 0 Å². The van der Waals surface area contributed by atoms with Gasteiger partial charge < -0.3 is 5.32 Å². The molecule has 1 aromatic heterocycles. The highest BCUT2D eigenvalue weighted by molar-refractivity contribution is 7.08. The molecule has 1 aliphatic heterocycles. The minimum atomic E-state index is -0.359. The lowest BCUT2D eigenvalue weighted by Gasteiger charge is -2.39. The predicted octanol–water partition coefficient (Wildman–Crippen LogP) is 3.94. The highest BCUT2D eigenvalue weighted by Crippen LogP contribution is 2.47. The molecule has 2 heterocycles. The number of Topliss-reactive ketones (excluding diaryl/α,β-unsaturated/α-hetero) is 2. The lowest BCUT2D eigenvalue weighted by atomic mass is 9.67. The van der Waals surface area contributed by atoms with Gasteiger partial charge in [0.1, 0.15) is 0 Å². The number of thiophene rings is 1. The third kappa shape index (κ3) is 2.26. The summed E-state index contributed by atoms with van der Waals surface area (Å²) in [6, 6.07) is 2.02. The molecule has 0 saturated carbocycles. The van der Waals surface area contributed by atoms with Crippen LogP contribution in [0.4, 0.5) is 0 Å². The van der Waals surface area contributed by atoms with Crippen LogP contribution in [0.3, 0.4) is 0 Å². The van der Waals surface area contributed by atoms with E-state index >= 15 is 0 Å². The molecule has 1 atom stereocenters. The summed E-state index contributed by atoms with van der Waals surface area (Å²) in [5, 5.41) is 7.38. The van der Waals surface area contributed by atoms with E-state index in [2.05, 4.69) is 5.32 Å². The van der Waals surface area contributed by atoms with E-state index in [4.69, 9.17) is 0 Å². The van der Waals surface area contributed by atoms with Crippen LogP contribution >= 0.6 is 11.3 Å². The minimum Gasteiger partial charge on any atom is -0.362 e. The van der Waals surface area contributed by atoms with Crippen molar-refractivity contribution >= 4 is 22.9 Å². The zero-order valence-electron chi connectivity index (χ0n) is 13.4. The molecule has 0 aromatic carbocycles. The fraction of sp³-hybridized carbons (Fsp3) is 0.444. The van der Waals surface area contributed by atoms with Gasteiger partial charge in [-0.2, -0.15) is 11.3 Å². The quantitative estimate of drug-likeness (QED) is 0.899. The van der Waals surface area contributed by atoms with Crippen molar-refractivity contribution in [2.45, 2.75) is 46.5 Å². The van der Waals surface area contributed by atoms with Gasteiger partial charge in [-0.25, -0.2) is 0 Å². The van der Waals surface area contributed by atoms with Crippen molar-refractivity contribution in [1.82, 2.24) is 5.32 Å². The Morgan fingerprint density at radius 2 is 2.14 bits per heavy atom. The van der Waals surface area contributed by atoms with Crippen molar-refractivity contribution in [1.29, 1.82) is 0 Å². The van der Waals surface area contributed by atoms with Crippen molar-refractivity contribution in [3.8, 4) is 0 Å². The van der Waals surface area contributed by atoms with E-state index in [0.29, 0.717) is 0 Å². The highest BCUT2D eigenvalue weighted by atomic mass is 32.1. The molecule has 0 saturated heterocycles. The first-order valence-corrected chi connectivity index (χ1v) is 8.56. The first-order valence-electron chi connectivity index (χ1n) is 7.61. The molecular formula is C18H21NO2S. The molecule has 0 bridgehead atoms. The number of nitrogens with one attached hydrogen (secondary N) is 1. The predicted molar refractivity (Wildman–Crippen MR) is 88.6 cm³/mol. The van der Waals surface area contributed by atoms with Gasteiger partial charge in [0.15, 0.2) is 11.6 Å². The van der Waals surface area contributed by atoms with Crippen LogP contribution < -0.4 is 5.32 Å². The second kappa shape index (κ2) is 5.20. The summed E-state index contributed by atoms with van der Waals surface area (Å²) in [5.74, 6) is -0.0142. The smallest absolute Gasteiger partial charge is 0.167 e. The van der Waals surface area contributed by atoms with E-state index in [1.54, 1.807) is 18.3 Å². The number of dihydropyridines is 1. The molecule has 1 aliphatic carbocycles. The standard InChI is InChI=1S/C18H21NO2S/c1-10-14(11(2)20)15(12-6-8-22-9-12)16-13(19-10)5-7-18(3,4)17(16)21/h6,8-9,15,19H,5,7H2,1-4H3. The molecule has 22 heavy (non-hydrogen) atoms. The van der Waals surface area contributed by atoms with Gasteiger partial charge in [0, 0.05) is 33.9 Å². The summed E-state index contributed by atoms with van der Waals surface area (Å²) < 4.78 is 0. The normalized spacial score (nSPS) is 24.2. The number of hydrogen-bond donors (Lipinski definition) is 1. The van der Waals surface area contributed by atoms with Crippen LogP contribution in [0.5, 0.6) is 0 Å². The molecule has 116 valence electrons. The van der Waals surface area contributed by atoms with Crippen molar-refractivity contribution in [2.75, 3.05) is 0 Å². The van der Waals surface area contributed by atoms with Gasteiger partial charge in [-0.15, -0.1) is 0 Å². The average molecular weight is 315 g/mol. The molecule has 4 heteroatoms. The summed E-state index contributed by atoms with van der Waals surface area (Å²) in [6.45, 7) is 7.53. The van der Waals surface area contributed by atoms with Crippen LogP contribution in [0.15, 0.2) is 39.4 Å². The molecule has 0 fully saturated rings. The fourth-order valence-electron chi connectivity index (χ4n) is 3.52. The zero-order chi connectivity index (χ0) is 16.1. The first kappa shape index (κ1) is 15.2. The third-order valence-corrected chi connectivity index (χ3v) is 5.46. The molecule has 0 amide bonds. The number of rotatable bonds is 2. The molecule has 1 unspecified atom stereocenters. The average Bonchev–Trinajstić information content (AvgIpc) is 2.95. The number of ketones is 2. The Balaban J connectivity index is 2.20. The van der Waals surface area contributed by atoms with Gasteiger partial charge >= 0.3 is 0 Å². The first-order chi connectivity index (χ1) is 10.3. The minimum absolute atomic E-state index is 0.0314. The summed E-state index contributed by atoms with van der Waals surface area (Å²) >= 11 is 1.60. The molecule has 1 N–H and O–H groups in total. The van der Waals surface area contributed by atoms with E-state index in [9.17, 15) is 9.59 Å². The third-order valence-electron chi connectivity index (χ3n) is 4.76. The second-order valence-electron chi connectivity index (χ2n) is 6.81. The second-order valence-corrected chi connectivity index (χ2v) is 7.59. The van der Waals surface area contributed by atoms with Gasteiger partial charge in [-0.3, -0.25) is 9.59 Å². The van der Waals surface area contributed by atoms with Crippen LogP contribution in [-0.2, 0) is 9.59 Å². The van der Waals surface area contributed by atoms with Gasteiger partial charge in [0.2, 0.25) is 0 Å². The Morgan fingerprint density at radius 1 is 1.41 bits per heavy atom. The summed E-state index contributed by atoms with van der Waals surface area (Å²) in [4.78, 5) is 25.3. The monoisotopic (exact) mass is 315 g/mol. The van der Waals surface area contributed by atoms with Crippen LogP contribution in [0.2, 0.25) is 0 Å². The zero-order valence-corrected chi connectivity index (χ0v) is 14.3. The van der Waals surface area contributed by atoms with Crippen LogP contribution in [0, 0.1) is 5.41 Å².